The van der Waals surface area contributed by atoms with Gasteiger partial charge in [-0.2, -0.15) is 0 Å². The van der Waals surface area contributed by atoms with Crippen molar-refractivity contribution >= 4 is 0 Å². The Labute approximate surface area is 349 Å². The van der Waals surface area contributed by atoms with Crippen molar-refractivity contribution in [1.29, 1.82) is 0 Å². The van der Waals surface area contributed by atoms with Crippen LogP contribution in [0, 0.1) is 0 Å². The predicted molar refractivity (Wildman–Crippen MR) is 231 cm³/mol. The molecule has 0 radical (unpaired) electrons. The summed E-state index contributed by atoms with van der Waals surface area (Å²) in [4.78, 5) is 0. The Bertz CT molecular complexity index is 445. The molecule has 0 unspecified atom stereocenters. The third-order valence-electron chi connectivity index (χ3n) is 11.0. The van der Waals surface area contributed by atoms with Crippen molar-refractivity contribution in [2.45, 2.75) is 285 Å². The second-order valence-electron chi connectivity index (χ2n) is 16.5. The number of hydrogen-bond donors (Lipinski definition) is 2. The van der Waals surface area contributed by atoms with Gasteiger partial charge in [-0.15, -0.1) is 0 Å². The van der Waals surface area contributed by atoms with Gasteiger partial charge in [0.25, 0.3) is 0 Å². The molecule has 4 N–H and O–H groups in total. The molecule has 0 aromatic heterocycles. The lowest BCUT2D eigenvalue weighted by Crippen LogP contribution is -3.00. The van der Waals surface area contributed by atoms with Crippen LogP contribution < -0.4 is 40.0 Å². The van der Waals surface area contributed by atoms with E-state index in [1.54, 1.807) is 0 Å². The Hall–Kier alpha value is 0.690. The van der Waals surface area contributed by atoms with Crippen molar-refractivity contribution in [1.82, 2.24) is 0 Å². The lowest BCUT2D eigenvalue weighted by Gasteiger charge is -2.04. The van der Waals surface area contributed by atoms with E-state index >= 15 is 0 Å². The van der Waals surface area contributed by atoms with Gasteiger partial charge in [0, 0.05) is 0 Å². The first kappa shape index (κ1) is 59.4. The molecular formula is C48H104BrClN2. The lowest BCUT2D eigenvalue weighted by atomic mass is 10.1. The fraction of sp³-hybridized carbons (Fsp3) is 1.00. The quantitative estimate of drug-likeness (QED) is 0.0577. The summed E-state index contributed by atoms with van der Waals surface area (Å²) in [5, 5.41) is 5.13. The van der Waals surface area contributed by atoms with Gasteiger partial charge in [-0.1, -0.05) is 233 Å². The maximum atomic E-state index is 2.56. The van der Waals surface area contributed by atoms with Gasteiger partial charge in [-0.3, -0.25) is 0 Å². The summed E-state index contributed by atoms with van der Waals surface area (Å²) in [6.07, 6.45) is 58.2. The van der Waals surface area contributed by atoms with Crippen LogP contribution in [0.5, 0.6) is 0 Å². The normalized spacial score (nSPS) is 10.8. The van der Waals surface area contributed by atoms with Gasteiger partial charge in [0.1, 0.15) is 0 Å². The van der Waals surface area contributed by atoms with E-state index in [-0.39, 0.29) is 29.4 Å². The molecule has 0 spiro atoms. The molecule has 0 heterocycles. The van der Waals surface area contributed by atoms with Crippen LogP contribution in [0.15, 0.2) is 0 Å². The number of halogens is 2. The Morgan fingerprint density at radius 1 is 0.192 bits per heavy atom. The molecule has 0 aliphatic carbocycles. The Balaban J connectivity index is -0.000000427. The molecule has 0 fully saturated rings. The fourth-order valence-corrected chi connectivity index (χ4v) is 7.39. The zero-order valence-electron chi connectivity index (χ0n) is 37.0. The predicted octanol–water partition coefficient (Wildman–Crippen LogP) is 8.79. The second kappa shape index (κ2) is 60.9. The van der Waals surface area contributed by atoms with Gasteiger partial charge in [-0.25, -0.2) is 0 Å². The molecule has 0 amide bonds. The minimum absolute atomic E-state index is 0. The molecule has 0 bridgehead atoms. The van der Waals surface area contributed by atoms with Crippen LogP contribution in [-0.2, 0) is 0 Å². The number of quaternary nitrogens is 2. The van der Waals surface area contributed by atoms with Crippen LogP contribution >= 0.6 is 0 Å². The number of nitrogens with two attached hydrogens (primary N) is 2. The zero-order chi connectivity index (χ0) is 36.5. The minimum Gasteiger partial charge on any atom is -1.00 e. The maximum Gasteiger partial charge on any atom is 0.0755 e. The van der Waals surface area contributed by atoms with Gasteiger partial charge in [-0.05, 0) is 51.4 Å². The van der Waals surface area contributed by atoms with Crippen LogP contribution in [0.1, 0.15) is 285 Å². The molecule has 0 aromatic carbocycles. The number of rotatable bonds is 44. The zero-order valence-corrected chi connectivity index (χ0v) is 39.4. The van der Waals surface area contributed by atoms with Crippen LogP contribution in [0.3, 0.4) is 0 Å². The standard InChI is InChI=1S/2C24H51N.BrH.ClH/c2*1-3-5-7-9-11-13-15-17-19-21-23-25-24-22-20-18-16-14-12-10-8-6-4-2;;/h2*25H,3-24H2,1-2H3;2*1H. The maximum absolute atomic E-state index is 2.56. The van der Waals surface area contributed by atoms with Crippen LogP contribution in [0.4, 0.5) is 0 Å². The second-order valence-corrected chi connectivity index (χ2v) is 16.5. The average molecular weight is 825 g/mol. The van der Waals surface area contributed by atoms with Crippen molar-refractivity contribution in [2.75, 3.05) is 26.2 Å². The van der Waals surface area contributed by atoms with Crippen molar-refractivity contribution in [2.24, 2.45) is 0 Å². The van der Waals surface area contributed by atoms with E-state index in [0.29, 0.717) is 0 Å². The Kier molecular flexibility index (Phi) is 69.6. The van der Waals surface area contributed by atoms with E-state index in [1.165, 1.54) is 283 Å². The molecule has 4 heteroatoms. The molecule has 0 aromatic rings. The molecule has 52 heavy (non-hydrogen) atoms. The van der Waals surface area contributed by atoms with E-state index in [4.69, 9.17) is 0 Å². The minimum atomic E-state index is 0. The molecule has 0 aliphatic heterocycles. The van der Waals surface area contributed by atoms with E-state index in [2.05, 4.69) is 38.3 Å². The molecule has 0 atom stereocenters. The largest absolute Gasteiger partial charge is 1.00 e. The van der Waals surface area contributed by atoms with Crippen molar-refractivity contribution < 1.29 is 40.0 Å². The highest BCUT2D eigenvalue weighted by Crippen LogP contribution is 2.13. The SMILES string of the molecule is CCCCCCCCCCCC[NH2+]CCCCCCCCCCCC.CCCCCCCCCCCC[NH2+]CCCCCCCCCCCC.[Br-].[Cl-]. The number of unbranched alkanes of at least 4 members (excludes halogenated alkanes) is 36. The van der Waals surface area contributed by atoms with E-state index < -0.39 is 0 Å². The van der Waals surface area contributed by atoms with Gasteiger partial charge in [0.15, 0.2) is 0 Å². The van der Waals surface area contributed by atoms with Gasteiger partial charge in [0.05, 0.1) is 26.2 Å². The first-order chi connectivity index (χ1) is 24.8. The number of hydrogen-bond acceptors (Lipinski definition) is 0. The highest BCUT2D eigenvalue weighted by molar-refractivity contribution is 4.50. The van der Waals surface area contributed by atoms with E-state index in [0.717, 1.165) is 0 Å². The van der Waals surface area contributed by atoms with Crippen molar-refractivity contribution in [3.63, 3.8) is 0 Å². The molecule has 2 nitrogen and oxygen atoms in total. The summed E-state index contributed by atoms with van der Waals surface area (Å²) in [6.45, 7) is 14.7. The van der Waals surface area contributed by atoms with E-state index in [1.807, 2.05) is 0 Å². The molecular weight excluding hydrogens is 720 g/mol. The topological polar surface area (TPSA) is 33.2 Å². The highest BCUT2D eigenvalue weighted by atomic mass is 79.9. The summed E-state index contributed by atoms with van der Waals surface area (Å²) in [6, 6.07) is 0. The van der Waals surface area contributed by atoms with Gasteiger partial charge < -0.3 is 40.0 Å². The van der Waals surface area contributed by atoms with Crippen molar-refractivity contribution in [3.05, 3.63) is 0 Å². The monoisotopic (exact) mass is 823 g/mol. The molecule has 0 saturated carbocycles. The van der Waals surface area contributed by atoms with Gasteiger partial charge in [0.2, 0.25) is 0 Å². The summed E-state index contributed by atoms with van der Waals surface area (Å²) < 4.78 is 0. The average Bonchev–Trinajstić information content (AvgIpc) is 3.13. The highest BCUT2D eigenvalue weighted by Gasteiger charge is 1.98. The third kappa shape index (κ3) is 62.7. The van der Waals surface area contributed by atoms with Crippen LogP contribution in [0.2, 0.25) is 0 Å². The molecule has 320 valence electrons. The Morgan fingerprint density at radius 2 is 0.308 bits per heavy atom. The smallest absolute Gasteiger partial charge is 0.0755 e. The first-order valence-electron chi connectivity index (χ1n) is 24.5. The van der Waals surface area contributed by atoms with Crippen molar-refractivity contribution in [3.8, 4) is 0 Å². The molecule has 0 saturated heterocycles. The summed E-state index contributed by atoms with van der Waals surface area (Å²) in [5.41, 5.74) is 0. The Morgan fingerprint density at radius 3 is 0.442 bits per heavy atom. The summed E-state index contributed by atoms with van der Waals surface area (Å²) in [5.74, 6) is 0. The first-order valence-corrected chi connectivity index (χ1v) is 24.5. The summed E-state index contributed by atoms with van der Waals surface area (Å²) in [7, 11) is 0. The lowest BCUT2D eigenvalue weighted by molar-refractivity contribution is -0.655. The summed E-state index contributed by atoms with van der Waals surface area (Å²) >= 11 is 0. The molecule has 0 rings (SSSR count). The van der Waals surface area contributed by atoms with Crippen LogP contribution in [0.25, 0.3) is 0 Å². The van der Waals surface area contributed by atoms with E-state index in [9.17, 15) is 0 Å². The van der Waals surface area contributed by atoms with Crippen LogP contribution in [-0.4, -0.2) is 26.2 Å². The molecule has 0 aliphatic rings. The fourth-order valence-electron chi connectivity index (χ4n) is 7.39. The van der Waals surface area contributed by atoms with Gasteiger partial charge >= 0.3 is 0 Å². The third-order valence-corrected chi connectivity index (χ3v) is 11.0.